The Kier molecular flexibility index (Phi) is 7.76. The molecule has 0 saturated carbocycles. The quantitative estimate of drug-likeness (QED) is 0.150. The lowest BCUT2D eigenvalue weighted by atomic mass is 9.98. The number of rotatable bonds is 9. The highest BCUT2D eigenvalue weighted by atomic mass is 19.1. The Morgan fingerprint density at radius 3 is 2.48 bits per heavy atom. The number of aromatic nitrogens is 1. The molecule has 40 heavy (non-hydrogen) atoms. The summed E-state index contributed by atoms with van der Waals surface area (Å²) in [6.45, 7) is 7.00. The van der Waals surface area contributed by atoms with Crippen molar-refractivity contribution in [3.8, 4) is 22.8 Å². The van der Waals surface area contributed by atoms with Crippen molar-refractivity contribution in [1.82, 2.24) is 4.57 Å². The van der Waals surface area contributed by atoms with E-state index in [9.17, 15) is 14.3 Å². The number of halogens is 1. The molecule has 0 aliphatic heterocycles. The van der Waals surface area contributed by atoms with Crippen LogP contribution in [0.5, 0.6) is 11.6 Å². The zero-order valence-corrected chi connectivity index (χ0v) is 22.8. The van der Waals surface area contributed by atoms with Crippen LogP contribution in [0.25, 0.3) is 32.8 Å². The fourth-order valence-corrected chi connectivity index (χ4v) is 4.89. The summed E-state index contributed by atoms with van der Waals surface area (Å²) < 4.78 is 33.9. The maximum absolute atomic E-state index is 14.6. The van der Waals surface area contributed by atoms with Gasteiger partial charge in [0.15, 0.2) is 0 Å². The highest BCUT2D eigenvalue weighted by Crippen LogP contribution is 2.42. The average Bonchev–Trinajstić information content (AvgIpc) is 3.20. The molecule has 0 atom stereocenters. The molecule has 206 valence electrons. The summed E-state index contributed by atoms with van der Waals surface area (Å²) in [7, 11) is 0. The SMILES string of the molecule is CC(C)(C)OCc1ccccc1-c1c(OC(=O)O)n(CCCOc2cccc3ccccc23)c2ccc(F)cc12. The molecule has 1 heterocycles. The van der Waals surface area contributed by atoms with E-state index in [1.807, 2.05) is 87.5 Å². The summed E-state index contributed by atoms with van der Waals surface area (Å²) in [6.07, 6.45) is -0.879. The molecule has 4 aromatic carbocycles. The molecule has 1 N–H and O–H groups in total. The van der Waals surface area contributed by atoms with Crippen molar-refractivity contribution >= 4 is 27.8 Å². The fourth-order valence-electron chi connectivity index (χ4n) is 4.89. The van der Waals surface area contributed by atoms with E-state index in [0.717, 1.165) is 27.6 Å². The van der Waals surface area contributed by atoms with E-state index in [4.69, 9.17) is 14.2 Å². The number of ether oxygens (including phenoxy) is 3. The van der Waals surface area contributed by atoms with Crippen LogP contribution in [-0.4, -0.2) is 28.0 Å². The first-order valence-corrected chi connectivity index (χ1v) is 13.3. The minimum atomic E-state index is -1.44. The molecular formula is C33H32FNO5. The van der Waals surface area contributed by atoms with Gasteiger partial charge >= 0.3 is 6.16 Å². The molecule has 6 nitrogen and oxygen atoms in total. The van der Waals surface area contributed by atoms with Gasteiger partial charge in [-0.3, -0.25) is 0 Å². The number of hydrogen-bond donors (Lipinski definition) is 1. The van der Waals surface area contributed by atoms with E-state index in [1.165, 1.54) is 12.1 Å². The summed E-state index contributed by atoms with van der Waals surface area (Å²) in [5.41, 5.74) is 2.38. The Balaban J connectivity index is 1.51. The van der Waals surface area contributed by atoms with Gasteiger partial charge in [-0.2, -0.15) is 0 Å². The van der Waals surface area contributed by atoms with Gasteiger partial charge in [0.05, 0.1) is 29.9 Å². The van der Waals surface area contributed by atoms with Crippen molar-refractivity contribution in [1.29, 1.82) is 0 Å². The molecule has 5 rings (SSSR count). The second kappa shape index (κ2) is 11.4. The molecule has 0 aliphatic rings. The molecule has 0 aliphatic carbocycles. The lowest BCUT2D eigenvalue weighted by Crippen LogP contribution is -2.19. The van der Waals surface area contributed by atoms with E-state index < -0.39 is 12.0 Å². The molecule has 0 unspecified atom stereocenters. The molecule has 1 aromatic heterocycles. The Morgan fingerprint density at radius 1 is 0.925 bits per heavy atom. The minimum absolute atomic E-state index is 0.140. The Hall–Kier alpha value is -4.36. The summed E-state index contributed by atoms with van der Waals surface area (Å²) in [5.74, 6) is 0.505. The van der Waals surface area contributed by atoms with Crippen molar-refractivity contribution in [3.05, 3.63) is 96.3 Å². The number of aryl methyl sites for hydroxylation is 1. The molecule has 5 aromatic rings. The highest BCUT2D eigenvalue weighted by Gasteiger charge is 2.25. The molecule has 0 fully saturated rings. The van der Waals surface area contributed by atoms with Crippen LogP contribution in [0.2, 0.25) is 0 Å². The van der Waals surface area contributed by atoms with Crippen LogP contribution in [0.4, 0.5) is 9.18 Å². The third-order valence-electron chi connectivity index (χ3n) is 6.64. The van der Waals surface area contributed by atoms with Crippen LogP contribution in [0.15, 0.2) is 84.9 Å². The van der Waals surface area contributed by atoms with E-state index in [0.29, 0.717) is 42.6 Å². The number of fused-ring (bicyclic) bond motifs is 2. The second-order valence-electron chi connectivity index (χ2n) is 10.6. The Morgan fingerprint density at radius 2 is 1.68 bits per heavy atom. The molecule has 0 bridgehead atoms. The number of benzene rings is 4. The lowest BCUT2D eigenvalue weighted by Gasteiger charge is -2.21. The van der Waals surface area contributed by atoms with Crippen molar-refractivity contribution < 1.29 is 28.5 Å². The largest absolute Gasteiger partial charge is 0.512 e. The van der Waals surface area contributed by atoms with Crippen LogP contribution in [-0.2, 0) is 17.9 Å². The van der Waals surface area contributed by atoms with Crippen molar-refractivity contribution in [2.24, 2.45) is 0 Å². The monoisotopic (exact) mass is 541 g/mol. The van der Waals surface area contributed by atoms with Gasteiger partial charge in [-0.15, -0.1) is 0 Å². The maximum atomic E-state index is 14.6. The third-order valence-corrected chi connectivity index (χ3v) is 6.64. The highest BCUT2D eigenvalue weighted by molar-refractivity contribution is 6.01. The van der Waals surface area contributed by atoms with Gasteiger partial charge in [-0.1, -0.05) is 60.7 Å². The van der Waals surface area contributed by atoms with E-state index in [-0.39, 0.29) is 11.5 Å². The molecule has 0 spiro atoms. The Labute approximate surface area is 232 Å². The van der Waals surface area contributed by atoms with Gasteiger partial charge < -0.3 is 23.9 Å². The molecular weight excluding hydrogens is 509 g/mol. The zero-order chi connectivity index (χ0) is 28.3. The Bertz CT molecular complexity index is 1660. The fraction of sp³-hybridized carbons (Fsp3) is 0.242. The minimum Gasteiger partial charge on any atom is -0.493 e. The van der Waals surface area contributed by atoms with Crippen molar-refractivity contribution in [2.45, 2.75) is 45.9 Å². The first-order chi connectivity index (χ1) is 19.2. The number of hydrogen-bond acceptors (Lipinski definition) is 4. The first-order valence-electron chi connectivity index (χ1n) is 13.3. The molecule has 0 amide bonds. The number of nitrogens with zero attached hydrogens (tertiary/aromatic N) is 1. The van der Waals surface area contributed by atoms with Gasteiger partial charge in [0, 0.05) is 17.3 Å². The molecule has 7 heteroatoms. The van der Waals surface area contributed by atoms with Crippen LogP contribution in [0.3, 0.4) is 0 Å². The van der Waals surface area contributed by atoms with Gasteiger partial charge in [0.25, 0.3) is 0 Å². The van der Waals surface area contributed by atoms with Crippen molar-refractivity contribution in [3.63, 3.8) is 0 Å². The predicted octanol–water partition coefficient (Wildman–Crippen LogP) is 8.44. The van der Waals surface area contributed by atoms with Crippen LogP contribution in [0, 0.1) is 5.82 Å². The summed E-state index contributed by atoms with van der Waals surface area (Å²) in [4.78, 5) is 11.9. The smallest absolute Gasteiger partial charge is 0.493 e. The first kappa shape index (κ1) is 27.2. The normalized spacial score (nSPS) is 11.7. The zero-order valence-electron chi connectivity index (χ0n) is 22.8. The lowest BCUT2D eigenvalue weighted by molar-refractivity contribution is -0.0147. The summed E-state index contributed by atoms with van der Waals surface area (Å²) in [6, 6.07) is 25.9. The van der Waals surface area contributed by atoms with Crippen LogP contribution in [0.1, 0.15) is 32.8 Å². The van der Waals surface area contributed by atoms with E-state index >= 15 is 0 Å². The third kappa shape index (κ3) is 5.95. The number of carboxylic acid groups (broad SMARTS) is 1. The number of carbonyl (C=O) groups is 1. The molecule has 0 saturated heterocycles. The van der Waals surface area contributed by atoms with Gasteiger partial charge in [0.2, 0.25) is 5.88 Å². The van der Waals surface area contributed by atoms with Crippen LogP contribution < -0.4 is 9.47 Å². The maximum Gasteiger partial charge on any atom is 0.512 e. The second-order valence-corrected chi connectivity index (χ2v) is 10.6. The predicted molar refractivity (Wildman–Crippen MR) is 155 cm³/mol. The van der Waals surface area contributed by atoms with Crippen LogP contribution >= 0.6 is 0 Å². The standard InChI is InChI=1S/C33H32FNO5/c1-33(2,3)39-21-23-11-5-7-14-26(23)30-27-20-24(34)16-17-28(27)35(31(30)40-32(36)37)18-9-19-38-29-15-8-12-22-10-4-6-13-25(22)29/h4-8,10-17,20H,9,18-19,21H2,1-3H3,(H,36,37). The molecule has 0 radical (unpaired) electrons. The topological polar surface area (TPSA) is 69.9 Å². The average molecular weight is 542 g/mol. The van der Waals surface area contributed by atoms with Gasteiger partial charge in [-0.25, -0.2) is 9.18 Å². The summed E-state index contributed by atoms with van der Waals surface area (Å²) in [5, 5.41) is 12.4. The van der Waals surface area contributed by atoms with E-state index in [1.54, 1.807) is 10.6 Å². The summed E-state index contributed by atoms with van der Waals surface area (Å²) >= 11 is 0. The van der Waals surface area contributed by atoms with E-state index in [2.05, 4.69) is 0 Å². The van der Waals surface area contributed by atoms with Gasteiger partial charge in [0.1, 0.15) is 11.6 Å². The van der Waals surface area contributed by atoms with Crippen molar-refractivity contribution in [2.75, 3.05) is 6.61 Å². The van der Waals surface area contributed by atoms with Gasteiger partial charge in [-0.05, 0) is 68.0 Å².